The van der Waals surface area contributed by atoms with E-state index in [0.717, 1.165) is 54.9 Å². The molecule has 230 valence electrons. The van der Waals surface area contributed by atoms with Crippen molar-refractivity contribution in [2.75, 3.05) is 64.1 Å². The Kier molecular flexibility index (Phi) is 11.3. The van der Waals surface area contributed by atoms with Crippen LogP contribution in [0.4, 0.5) is 10.5 Å². The molecule has 0 aliphatic carbocycles. The van der Waals surface area contributed by atoms with Crippen LogP contribution in [-0.2, 0) is 21.1 Å². The Balaban J connectivity index is 1.17. The Hall–Kier alpha value is -3.73. The maximum Gasteiger partial charge on any atom is 0.411 e. The highest BCUT2D eigenvalue weighted by molar-refractivity contribution is 7.90. The normalized spacial score (nSPS) is 14.4. The Labute approximate surface area is 255 Å². The van der Waals surface area contributed by atoms with Crippen molar-refractivity contribution in [2.24, 2.45) is 0 Å². The Morgan fingerprint density at radius 3 is 2.23 bits per heavy atom. The third kappa shape index (κ3) is 10.2. The summed E-state index contributed by atoms with van der Waals surface area (Å²) in [6.07, 6.45) is 2.13. The van der Waals surface area contributed by atoms with E-state index in [1.54, 1.807) is 4.90 Å². The van der Waals surface area contributed by atoms with E-state index in [4.69, 9.17) is 4.74 Å². The number of nitrogens with zero attached hydrogens (tertiary/aromatic N) is 3. The number of likely N-dealkylation sites (tertiary alicyclic amines) is 1. The summed E-state index contributed by atoms with van der Waals surface area (Å²) in [5.74, 6) is 0.0809. The van der Waals surface area contributed by atoms with Crippen molar-refractivity contribution in [3.63, 3.8) is 0 Å². The van der Waals surface area contributed by atoms with Crippen molar-refractivity contribution in [2.45, 2.75) is 25.5 Å². The van der Waals surface area contributed by atoms with Crippen molar-refractivity contribution >= 4 is 27.5 Å². The Morgan fingerprint density at radius 2 is 1.56 bits per heavy atom. The zero-order valence-corrected chi connectivity index (χ0v) is 26.1. The van der Waals surface area contributed by atoms with E-state index in [0.29, 0.717) is 25.2 Å². The first-order chi connectivity index (χ1) is 20.6. The zero-order chi connectivity index (χ0) is 30.8. The van der Waals surface area contributed by atoms with Crippen LogP contribution in [0.3, 0.4) is 0 Å². The first kappa shape index (κ1) is 32.2. The van der Waals surface area contributed by atoms with Crippen molar-refractivity contribution in [1.29, 1.82) is 0 Å². The lowest BCUT2D eigenvalue weighted by molar-refractivity contribution is 0.0540. The van der Waals surface area contributed by atoms with Gasteiger partial charge in [-0.15, -0.1) is 0 Å². The summed E-state index contributed by atoms with van der Waals surface area (Å²) in [4.78, 5) is 31.6. The molecule has 10 heteroatoms. The first-order valence-corrected chi connectivity index (χ1v) is 16.7. The molecule has 1 aliphatic rings. The van der Waals surface area contributed by atoms with Gasteiger partial charge < -0.3 is 19.4 Å². The minimum atomic E-state index is -3.00. The summed E-state index contributed by atoms with van der Waals surface area (Å²) in [6.45, 7) is 4.00. The highest BCUT2D eigenvalue weighted by atomic mass is 32.2. The summed E-state index contributed by atoms with van der Waals surface area (Å²) in [5, 5.41) is 2.92. The van der Waals surface area contributed by atoms with Gasteiger partial charge in [0.2, 0.25) is 0 Å². The number of anilines is 1. The topological polar surface area (TPSA) is 99.3 Å². The van der Waals surface area contributed by atoms with Gasteiger partial charge in [0.25, 0.3) is 5.91 Å². The molecule has 1 N–H and O–H groups in total. The van der Waals surface area contributed by atoms with E-state index in [9.17, 15) is 18.0 Å². The quantitative estimate of drug-likeness (QED) is 0.321. The molecule has 43 heavy (non-hydrogen) atoms. The third-order valence-electron chi connectivity index (χ3n) is 7.65. The van der Waals surface area contributed by atoms with Gasteiger partial charge in [0, 0.05) is 63.7 Å². The molecule has 9 nitrogen and oxygen atoms in total. The zero-order valence-electron chi connectivity index (χ0n) is 25.2. The predicted octanol–water partition coefficient (Wildman–Crippen LogP) is 4.62. The van der Waals surface area contributed by atoms with Crippen LogP contribution in [-0.4, -0.2) is 100 Å². The number of piperidine rings is 1. The van der Waals surface area contributed by atoms with Gasteiger partial charge in [0.1, 0.15) is 15.9 Å². The molecule has 1 saturated heterocycles. The molecule has 1 heterocycles. The van der Waals surface area contributed by atoms with E-state index in [1.807, 2.05) is 97.9 Å². The molecule has 0 radical (unpaired) electrons. The van der Waals surface area contributed by atoms with Crippen LogP contribution in [0.1, 0.15) is 28.8 Å². The lowest BCUT2D eigenvalue weighted by atomic mass is 10.0. The number of benzene rings is 3. The van der Waals surface area contributed by atoms with Crippen molar-refractivity contribution in [3.8, 4) is 11.1 Å². The molecule has 0 aromatic heterocycles. The number of hydrogen-bond acceptors (Lipinski definition) is 7. The molecular formula is C33H42N4O5S. The van der Waals surface area contributed by atoms with Crippen LogP contribution in [0.2, 0.25) is 0 Å². The minimum absolute atomic E-state index is 0.0392. The lowest BCUT2D eigenvalue weighted by Gasteiger charge is -2.32. The van der Waals surface area contributed by atoms with E-state index in [1.165, 1.54) is 6.26 Å². The Morgan fingerprint density at radius 1 is 0.907 bits per heavy atom. The highest BCUT2D eigenvalue weighted by Crippen LogP contribution is 2.28. The van der Waals surface area contributed by atoms with Gasteiger partial charge in [0.15, 0.2) is 0 Å². The number of carbonyl (C=O) groups excluding carboxylic acids is 2. The second kappa shape index (κ2) is 15.1. The largest absolute Gasteiger partial charge is 0.446 e. The van der Waals surface area contributed by atoms with Crippen LogP contribution < -0.4 is 5.32 Å². The summed E-state index contributed by atoms with van der Waals surface area (Å²) in [7, 11) is 0.693. The maximum atomic E-state index is 13.0. The summed E-state index contributed by atoms with van der Waals surface area (Å²) >= 11 is 0. The van der Waals surface area contributed by atoms with Gasteiger partial charge in [-0.05, 0) is 49.2 Å². The predicted molar refractivity (Wildman–Crippen MR) is 171 cm³/mol. The number of sulfone groups is 1. The van der Waals surface area contributed by atoms with E-state index in [2.05, 4.69) is 10.2 Å². The molecule has 4 rings (SSSR count). The van der Waals surface area contributed by atoms with Crippen molar-refractivity contribution in [3.05, 3.63) is 90.0 Å². The van der Waals surface area contributed by atoms with Crippen molar-refractivity contribution < 1.29 is 22.7 Å². The number of amides is 2. The molecule has 0 bridgehead atoms. The third-order valence-corrected chi connectivity index (χ3v) is 8.58. The second-order valence-electron chi connectivity index (χ2n) is 11.3. The molecule has 0 atom stereocenters. The van der Waals surface area contributed by atoms with Gasteiger partial charge in [0.05, 0.1) is 11.4 Å². The molecule has 1 aliphatic heterocycles. The average Bonchev–Trinajstić information content (AvgIpc) is 3.00. The SMILES string of the molecule is CN(CCS(C)(=O)=O)Cc1ccc(C(=O)N(C)CCN2CCC(OC(=O)Nc3ccccc3-c3ccccc3)CC2)cc1. The van der Waals surface area contributed by atoms with Gasteiger partial charge in [-0.1, -0.05) is 60.7 Å². The standard InChI is InChI=1S/C33H42N4O5S/c1-35(23-24-43(3,40)41)25-26-13-15-28(16-14-26)32(38)36(2)21-22-37-19-17-29(18-20-37)42-33(39)34-31-12-8-7-11-30(31)27-9-5-4-6-10-27/h4-16,29H,17-25H2,1-3H3,(H,34,39). The molecule has 0 saturated carbocycles. The lowest BCUT2D eigenvalue weighted by Crippen LogP contribution is -2.42. The highest BCUT2D eigenvalue weighted by Gasteiger charge is 2.23. The molecule has 0 spiro atoms. The molecule has 2 amide bonds. The van der Waals surface area contributed by atoms with E-state index in [-0.39, 0.29) is 17.8 Å². The first-order valence-electron chi connectivity index (χ1n) is 14.6. The smallest absolute Gasteiger partial charge is 0.411 e. The summed E-state index contributed by atoms with van der Waals surface area (Å²) < 4.78 is 28.5. The molecule has 1 fully saturated rings. The maximum absolute atomic E-state index is 13.0. The van der Waals surface area contributed by atoms with Gasteiger partial charge in [-0.3, -0.25) is 10.1 Å². The monoisotopic (exact) mass is 606 g/mol. The summed E-state index contributed by atoms with van der Waals surface area (Å²) in [5.41, 5.74) is 4.33. The van der Waals surface area contributed by atoms with E-state index < -0.39 is 15.9 Å². The van der Waals surface area contributed by atoms with Gasteiger partial charge in [-0.2, -0.15) is 0 Å². The Bertz CT molecular complexity index is 1460. The molecule has 3 aromatic rings. The van der Waals surface area contributed by atoms with Crippen LogP contribution in [0, 0.1) is 0 Å². The number of rotatable bonds is 12. The molecule has 3 aromatic carbocycles. The number of hydrogen-bond donors (Lipinski definition) is 1. The second-order valence-corrected chi connectivity index (χ2v) is 13.5. The summed E-state index contributed by atoms with van der Waals surface area (Å²) in [6, 6.07) is 25.1. The fraction of sp³-hybridized carbons (Fsp3) is 0.394. The van der Waals surface area contributed by atoms with E-state index >= 15 is 0 Å². The number of para-hydroxylation sites is 1. The van der Waals surface area contributed by atoms with Gasteiger partial charge >= 0.3 is 6.09 Å². The van der Waals surface area contributed by atoms with Crippen LogP contribution in [0.15, 0.2) is 78.9 Å². The fourth-order valence-electron chi connectivity index (χ4n) is 5.08. The van der Waals surface area contributed by atoms with Crippen molar-refractivity contribution in [1.82, 2.24) is 14.7 Å². The minimum Gasteiger partial charge on any atom is -0.446 e. The average molecular weight is 607 g/mol. The van der Waals surface area contributed by atoms with Crippen LogP contribution in [0.25, 0.3) is 11.1 Å². The molecular weight excluding hydrogens is 564 g/mol. The van der Waals surface area contributed by atoms with Gasteiger partial charge in [-0.25, -0.2) is 13.2 Å². The number of carbonyl (C=O) groups is 2. The number of likely N-dealkylation sites (N-methyl/N-ethyl adjacent to an activating group) is 1. The fourth-order valence-corrected chi connectivity index (χ4v) is 5.72. The number of nitrogens with one attached hydrogen (secondary N) is 1. The molecule has 0 unspecified atom stereocenters. The van der Waals surface area contributed by atoms with Crippen LogP contribution >= 0.6 is 0 Å². The number of ether oxygens (including phenoxy) is 1. The van der Waals surface area contributed by atoms with Crippen LogP contribution in [0.5, 0.6) is 0 Å².